The Balaban J connectivity index is 2.70. The SMILES string of the molecule is CNc1ccc2c(C(C)(C)C)cncc2c1. The van der Waals surface area contributed by atoms with Gasteiger partial charge in [0.25, 0.3) is 0 Å². The van der Waals surface area contributed by atoms with Gasteiger partial charge in [-0.15, -0.1) is 0 Å². The van der Waals surface area contributed by atoms with Gasteiger partial charge in [-0.25, -0.2) is 0 Å². The van der Waals surface area contributed by atoms with Crippen molar-refractivity contribution in [1.29, 1.82) is 0 Å². The Morgan fingerprint density at radius 3 is 2.50 bits per heavy atom. The normalized spacial score (nSPS) is 11.8. The minimum Gasteiger partial charge on any atom is -0.388 e. The molecular formula is C14H18N2. The maximum Gasteiger partial charge on any atom is 0.0347 e. The molecule has 0 aliphatic carbocycles. The summed E-state index contributed by atoms with van der Waals surface area (Å²) >= 11 is 0. The van der Waals surface area contributed by atoms with Gasteiger partial charge >= 0.3 is 0 Å². The summed E-state index contributed by atoms with van der Waals surface area (Å²) in [6, 6.07) is 6.42. The molecule has 2 heteroatoms. The molecule has 0 saturated carbocycles. The summed E-state index contributed by atoms with van der Waals surface area (Å²) in [5.41, 5.74) is 2.56. The number of hydrogen-bond donors (Lipinski definition) is 1. The third kappa shape index (κ3) is 1.87. The van der Waals surface area contributed by atoms with Crippen molar-refractivity contribution in [2.75, 3.05) is 12.4 Å². The summed E-state index contributed by atoms with van der Waals surface area (Å²) in [4.78, 5) is 4.33. The van der Waals surface area contributed by atoms with Crippen LogP contribution in [0.3, 0.4) is 0 Å². The van der Waals surface area contributed by atoms with Crippen molar-refractivity contribution < 1.29 is 0 Å². The lowest BCUT2D eigenvalue weighted by Crippen LogP contribution is -2.12. The second kappa shape index (κ2) is 3.78. The van der Waals surface area contributed by atoms with E-state index >= 15 is 0 Å². The number of aromatic nitrogens is 1. The van der Waals surface area contributed by atoms with Gasteiger partial charge in [-0.05, 0) is 28.5 Å². The van der Waals surface area contributed by atoms with Crippen LogP contribution < -0.4 is 5.32 Å². The zero-order valence-electron chi connectivity index (χ0n) is 10.3. The van der Waals surface area contributed by atoms with Gasteiger partial charge in [0, 0.05) is 30.5 Å². The molecule has 2 rings (SSSR count). The molecule has 16 heavy (non-hydrogen) atoms. The average molecular weight is 214 g/mol. The largest absolute Gasteiger partial charge is 0.388 e. The van der Waals surface area contributed by atoms with E-state index in [0.717, 1.165) is 5.69 Å². The summed E-state index contributed by atoms with van der Waals surface area (Å²) in [5, 5.41) is 5.64. The van der Waals surface area contributed by atoms with E-state index in [-0.39, 0.29) is 5.41 Å². The number of hydrogen-bond acceptors (Lipinski definition) is 2. The number of anilines is 1. The zero-order chi connectivity index (χ0) is 11.8. The monoisotopic (exact) mass is 214 g/mol. The number of nitrogens with zero attached hydrogens (tertiary/aromatic N) is 1. The molecule has 0 fully saturated rings. The molecule has 84 valence electrons. The molecule has 2 aromatic rings. The quantitative estimate of drug-likeness (QED) is 0.785. The molecule has 1 aromatic carbocycles. The second-order valence-electron chi connectivity index (χ2n) is 5.12. The topological polar surface area (TPSA) is 24.9 Å². The van der Waals surface area contributed by atoms with Crippen molar-refractivity contribution in [3.8, 4) is 0 Å². The van der Waals surface area contributed by atoms with Crippen molar-refractivity contribution in [2.45, 2.75) is 26.2 Å². The van der Waals surface area contributed by atoms with Crippen LogP contribution >= 0.6 is 0 Å². The number of nitrogens with one attached hydrogen (secondary N) is 1. The maximum atomic E-state index is 4.33. The Morgan fingerprint density at radius 1 is 1.12 bits per heavy atom. The van der Waals surface area contributed by atoms with E-state index < -0.39 is 0 Å². The van der Waals surface area contributed by atoms with Gasteiger partial charge in [0.2, 0.25) is 0 Å². The molecule has 1 aromatic heterocycles. The molecule has 0 spiro atoms. The fourth-order valence-corrected chi connectivity index (χ4v) is 1.93. The number of rotatable bonds is 1. The van der Waals surface area contributed by atoms with E-state index in [4.69, 9.17) is 0 Å². The molecule has 0 bridgehead atoms. The van der Waals surface area contributed by atoms with Crippen LogP contribution in [-0.2, 0) is 5.41 Å². The lowest BCUT2D eigenvalue weighted by molar-refractivity contribution is 0.593. The van der Waals surface area contributed by atoms with Crippen LogP contribution in [0.2, 0.25) is 0 Å². The first kappa shape index (κ1) is 10.9. The van der Waals surface area contributed by atoms with Gasteiger partial charge in [-0.1, -0.05) is 26.8 Å². The Kier molecular flexibility index (Phi) is 2.58. The molecule has 2 nitrogen and oxygen atoms in total. The van der Waals surface area contributed by atoms with Crippen LogP contribution in [0.1, 0.15) is 26.3 Å². The Morgan fingerprint density at radius 2 is 1.88 bits per heavy atom. The molecule has 0 atom stereocenters. The standard InChI is InChI=1S/C14H18N2/c1-14(2,3)13-9-16-8-10-7-11(15-4)5-6-12(10)13/h5-9,15H,1-4H3. The highest BCUT2D eigenvalue weighted by atomic mass is 14.8. The van der Waals surface area contributed by atoms with Gasteiger partial charge in [0.1, 0.15) is 0 Å². The molecular weight excluding hydrogens is 196 g/mol. The Hall–Kier alpha value is -1.57. The van der Waals surface area contributed by atoms with Crippen molar-refractivity contribution in [1.82, 2.24) is 4.98 Å². The summed E-state index contributed by atoms with van der Waals surface area (Å²) in [7, 11) is 1.93. The smallest absolute Gasteiger partial charge is 0.0347 e. The highest BCUT2D eigenvalue weighted by molar-refractivity contribution is 5.88. The van der Waals surface area contributed by atoms with Crippen LogP contribution in [0, 0.1) is 0 Å². The first-order valence-electron chi connectivity index (χ1n) is 5.58. The maximum absolute atomic E-state index is 4.33. The van der Waals surface area contributed by atoms with Crippen LogP contribution in [0.5, 0.6) is 0 Å². The van der Waals surface area contributed by atoms with Gasteiger partial charge in [-0.3, -0.25) is 4.98 Å². The van der Waals surface area contributed by atoms with Crippen molar-refractivity contribution >= 4 is 16.5 Å². The van der Waals surface area contributed by atoms with E-state index in [0.29, 0.717) is 0 Å². The molecule has 1 heterocycles. The third-order valence-electron chi connectivity index (χ3n) is 2.86. The predicted octanol–water partition coefficient (Wildman–Crippen LogP) is 3.57. The molecule has 0 aliphatic heterocycles. The number of fused-ring (bicyclic) bond motifs is 1. The molecule has 0 saturated heterocycles. The fourth-order valence-electron chi connectivity index (χ4n) is 1.93. The minimum atomic E-state index is 0.133. The summed E-state index contributed by atoms with van der Waals surface area (Å²) < 4.78 is 0. The molecule has 0 unspecified atom stereocenters. The predicted molar refractivity (Wildman–Crippen MR) is 70.0 cm³/mol. The number of pyridine rings is 1. The van der Waals surface area contributed by atoms with Gasteiger partial charge in [-0.2, -0.15) is 0 Å². The summed E-state index contributed by atoms with van der Waals surface area (Å²) in [6.07, 6.45) is 3.90. The number of benzene rings is 1. The van der Waals surface area contributed by atoms with Crippen molar-refractivity contribution in [3.63, 3.8) is 0 Å². The van der Waals surface area contributed by atoms with Gasteiger partial charge in [0.05, 0.1) is 0 Å². The zero-order valence-corrected chi connectivity index (χ0v) is 10.3. The summed E-state index contributed by atoms with van der Waals surface area (Å²) in [5.74, 6) is 0. The summed E-state index contributed by atoms with van der Waals surface area (Å²) in [6.45, 7) is 6.65. The average Bonchev–Trinajstić information content (AvgIpc) is 2.26. The van der Waals surface area contributed by atoms with Gasteiger partial charge in [0.15, 0.2) is 0 Å². The molecule has 0 aliphatic rings. The van der Waals surface area contributed by atoms with E-state index in [1.165, 1.54) is 16.3 Å². The lowest BCUT2D eigenvalue weighted by Gasteiger charge is -2.20. The van der Waals surface area contributed by atoms with E-state index in [2.05, 4.69) is 49.3 Å². The molecule has 0 radical (unpaired) electrons. The van der Waals surface area contributed by atoms with Gasteiger partial charge < -0.3 is 5.32 Å². The van der Waals surface area contributed by atoms with E-state index in [1.54, 1.807) is 0 Å². The van der Waals surface area contributed by atoms with Crippen molar-refractivity contribution in [3.05, 3.63) is 36.2 Å². The first-order chi connectivity index (χ1) is 7.52. The Labute approximate surface area is 96.7 Å². The lowest BCUT2D eigenvalue weighted by atomic mass is 9.85. The third-order valence-corrected chi connectivity index (χ3v) is 2.86. The first-order valence-corrected chi connectivity index (χ1v) is 5.58. The second-order valence-corrected chi connectivity index (χ2v) is 5.12. The highest BCUT2D eigenvalue weighted by Crippen LogP contribution is 2.30. The van der Waals surface area contributed by atoms with E-state index in [9.17, 15) is 0 Å². The van der Waals surface area contributed by atoms with Crippen LogP contribution in [0.4, 0.5) is 5.69 Å². The Bertz CT molecular complexity index is 510. The molecule has 1 N–H and O–H groups in total. The minimum absolute atomic E-state index is 0.133. The van der Waals surface area contributed by atoms with Crippen LogP contribution in [-0.4, -0.2) is 12.0 Å². The fraction of sp³-hybridized carbons (Fsp3) is 0.357. The van der Waals surface area contributed by atoms with E-state index in [1.807, 2.05) is 19.4 Å². The van der Waals surface area contributed by atoms with Crippen molar-refractivity contribution in [2.24, 2.45) is 0 Å². The van der Waals surface area contributed by atoms with Crippen LogP contribution in [0.25, 0.3) is 10.8 Å². The highest BCUT2D eigenvalue weighted by Gasteiger charge is 2.16. The van der Waals surface area contributed by atoms with Crippen LogP contribution in [0.15, 0.2) is 30.6 Å². The molecule has 0 amide bonds.